The van der Waals surface area contributed by atoms with E-state index >= 15 is 0 Å². The molecule has 1 saturated carbocycles. The molecule has 0 radical (unpaired) electrons. The zero-order valence-electron chi connectivity index (χ0n) is 9.74. The first-order chi connectivity index (χ1) is 7.55. The molecule has 0 aromatic carbocycles. The predicted octanol–water partition coefficient (Wildman–Crippen LogP) is 0.425. The van der Waals surface area contributed by atoms with Crippen molar-refractivity contribution in [3.63, 3.8) is 0 Å². The van der Waals surface area contributed by atoms with Gasteiger partial charge in [0.1, 0.15) is 0 Å². The minimum absolute atomic E-state index is 0.229. The Bertz CT molecular complexity index is 336. The predicted molar refractivity (Wildman–Crippen MR) is 65.1 cm³/mol. The summed E-state index contributed by atoms with van der Waals surface area (Å²) in [5, 5.41) is 3.53. The summed E-state index contributed by atoms with van der Waals surface area (Å²) < 4.78 is 23.4. The summed E-state index contributed by atoms with van der Waals surface area (Å²) in [6.07, 6.45) is 6.50. The average molecular weight is 246 g/mol. The van der Waals surface area contributed by atoms with Crippen LogP contribution in [0.2, 0.25) is 0 Å². The van der Waals surface area contributed by atoms with Gasteiger partial charge in [0, 0.05) is 18.1 Å². The Hall–Kier alpha value is -0.130. The average Bonchev–Trinajstić information content (AvgIpc) is 2.69. The molecule has 1 unspecified atom stereocenters. The van der Waals surface area contributed by atoms with E-state index in [1.165, 1.54) is 25.7 Å². The fourth-order valence-electron chi connectivity index (χ4n) is 3.03. The van der Waals surface area contributed by atoms with Crippen molar-refractivity contribution >= 4 is 9.84 Å². The third kappa shape index (κ3) is 2.76. The van der Waals surface area contributed by atoms with E-state index in [0.29, 0.717) is 18.3 Å². The van der Waals surface area contributed by atoms with E-state index in [1.54, 1.807) is 0 Å². The van der Waals surface area contributed by atoms with Gasteiger partial charge in [0.25, 0.3) is 0 Å². The Balaban J connectivity index is 2.05. The van der Waals surface area contributed by atoms with E-state index < -0.39 is 9.84 Å². The Kier molecular flexibility index (Phi) is 3.56. The van der Waals surface area contributed by atoms with Gasteiger partial charge in [-0.2, -0.15) is 0 Å². The van der Waals surface area contributed by atoms with Crippen LogP contribution < -0.4 is 11.1 Å². The SMILES string of the molecule is NCC1(NC2CCCC2)CCCS(=O)(=O)C1. The molecule has 0 amide bonds. The highest BCUT2D eigenvalue weighted by atomic mass is 32.2. The van der Waals surface area contributed by atoms with Crippen molar-refractivity contribution in [2.75, 3.05) is 18.1 Å². The number of rotatable bonds is 3. The van der Waals surface area contributed by atoms with Crippen molar-refractivity contribution in [1.29, 1.82) is 0 Å². The smallest absolute Gasteiger partial charge is 0.152 e. The van der Waals surface area contributed by atoms with Crippen molar-refractivity contribution in [3.05, 3.63) is 0 Å². The zero-order valence-corrected chi connectivity index (χ0v) is 10.6. The first kappa shape index (κ1) is 12.3. The number of nitrogens with two attached hydrogens (primary N) is 1. The molecule has 3 N–H and O–H groups in total. The van der Waals surface area contributed by atoms with Crippen LogP contribution in [0.1, 0.15) is 38.5 Å². The van der Waals surface area contributed by atoms with E-state index in [1.807, 2.05) is 0 Å². The van der Waals surface area contributed by atoms with Crippen LogP contribution in [-0.4, -0.2) is 38.0 Å². The lowest BCUT2D eigenvalue weighted by Gasteiger charge is -2.39. The Morgan fingerprint density at radius 1 is 1.25 bits per heavy atom. The Labute approximate surface area is 97.9 Å². The van der Waals surface area contributed by atoms with Crippen LogP contribution in [0.15, 0.2) is 0 Å². The van der Waals surface area contributed by atoms with Crippen molar-refractivity contribution in [2.24, 2.45) is 5.73 Å². The van der Waals surface area contributed by atoms with Gasteiger partial charge in [0.2, 0.25) is 0 Å². The van der Waals surface area contributed by atoms with Gasteiger partial charge in [-0.25, -0.2) is 8.42 Å². The Morgan fingerprint density at radius 2 is 1.94 bits per heavy atom. The molecule has 5 heteroatoms. The van der Waals surface area contributed by atoms with Crippen LogP contribution in [0.3, 0.4) is 0 Å². The third-order valence-electron chi connectivity index (χ3n) is 3.86. The molecular formula is C11H22N2O2S. The molecule has 1 atom stereocenters. The quantitative estimate of drug-likeness (QED) is 0.757. The highest BCUT2D eigenvalue weighted by Gasteiger charge is 2.39. The van der Waals surface area contributed by atoms with E-state index in [9.17, 15) is 8.42 Å². The first-order valence-electron chi connectivity index (χ1n) is 6.23. The second-order valence-corrected chi connectivity index (χ2v) is 7.49. The first-order valence-corrected chi connectivity index (χ1v) is 8.06. The monoisotopic (exact) mass is 246 g/mol. The van der Waals surface area contributed by atoms with E-state index in [-0.39, 0.29) is 11.3 Å². The Morgan fingerprint density at radius 3 is 2.50 bits per heavy atom. The van der Waals surface area contributed by atoms with E-state index in [4.69, 9.17) is 5.73 Å². The fourth-order valence-corrected chi connectivity index (χ4v) is 4.95. The maximum absolute atomic E-state index is 11.7. The van der Waals surface area contributed by atoms with Gasteiger partial charge in [-0.1, -0.05) is 12.8 Å². The maximum atomic E-state index is 11.7. The summed E-state index contributed by atoms with van der Waals surface area (Å²) in [5.41, 5.74) is 5.47. The molecule has 2 aliphatic rings. The van der Waals surface area contributed by atoms with Gasteiger partial charge in [-0.15, -0.1) is 0 Å². The molecule has 1 aliphatic heterocycles. The molecule has 2 fully saturated rings. The largest absolute Gasteiger partial charge is 0.329 e. The maximum Gasteiger partial charge on any atom is 0.152 e. The lowest BCUT2D eigenvalue weighted by Crippen LogP contribution is -2.60. The van der Waals surface area contributed by atoms with Crippen molar-refractivity contribution in [3.8, 4) is 0 Å². The van der Waals surface area contributed by atoms with Gasteiger partial charge < -0.3 is 11.1 Å². The van der Waals surface area contributed by atoms with Crippen molar-refractivity contribution < 1.29 is 8.42 Å². The van der Waals surface area contributed by atoms with Gasteiger partial charge >= 0.3 is 0 Å². The highest BCUT2D eigenvalue weighted by Crippen LogP contribution is 2.26. The molecule has 16 heavy (non-hydrogen) atoms. The number of sulfone groups is 1. The summed E-state index contributed by atoms with van der Waals surface area (Å²) in [5.74, 6) is 0.564. The number of hydrogen-bond acceptors (Lipinski definition) is 4. The molecule has 2 rings (SSSR count). The molecule has 0 aromatic heterocycles. The molecule has 0 aromatic rings. The van der Waals surface area contributed by atoms with Gasteiger partial charge in [0.15, 0.2) is 9.84 Å². The molecule has 4 nitrogen and oxygen atoms in total. The zero-order chi connectivity index (χ0) is 11.6. The molecule has 0 bridgehead atoms. The molecule has 1 saturated heterocycles. The highest BCUT2D eigenvalue weighted by molar-refractivity contribution is 7.91. The van der Waals surface area contributed by atoms with E-state index in [2.05, 4.69) is 5.32 Å². The molecule has 94 valence electrons. The fraction of sp³-hybridized carbons (Fsp3) is 1.00. The van der Waals surface area contributed by atoms with Crippen LogP contribution in [0.25, 0.3) is 0 Å². The third-order valence-corrected chi connectivity index (χ3v) is 5.77. The normalized spacial score (nSPS) is 35.3. The van der Waals surface area contributed by atoms with Crippen LogP contribution in [0, 0.1) is 0 Å². The standard InChI is InChI=1S/C11H22N2O2S/c12-8-11(13-10-4-1-2-5-10)6-3-7-16(14,15)9-11/h10,13H,1-9,12H2. The van der Waals surface area contributed by atoms with Crippen molar-refractivity contribution in [1.82, 2.24) is 5.32 Å². The summed E-state index contributed by atoms with van der Waals surface area (Å²) in [6, 6.07) is 0.483. The van der Waals surface area contributed by atoms with Crippen LogP contribution >= 0.6 is 0 Å². The minimum Gasteiger partial charge on any atom is -0.329 e. The van der Waals surface area contributed by atoms with E-state index in [0.717, 1.165) is 12.8 Å². The summed E-state index contributed by atoms with van der Waals surface area (Å²) in [6.45, 7) is 0.433. The summed E-state index contributed by atoms with van der Waals surface area (Å²) in [7, 11) is -2.89. The van der Waals surface area contributed by atoms with Crippen LogP contribution in [0.4, 0.5) is 0 Å². The second kappa shape index (κ2) is 4.63. The molecule has 1 aliphatic carbocycles. The number of hydrogen-bond donors (Lipinski definition) is 2. The second-order valence-electron chi connectivity index (χ2n) is 5.31. The molecule has 1 heterocycles. The van der Waals surface area contributed by atoms with Gasteiger partial charge in [-0.05, 0) is 25.7 Å². The van der Waals surface area contributed by atoms with Gasteiger partial charge in [0.05, 0.1) is 11.5 Å². The van der Waals surface area contributed by atoms with Crippen LogP contribution in [0.5, 0.6) is 0 Å². The molecule has 0 spiro atoms. The van der Waals surface area contributed by atoms with Crippen molar-refractivity contribution in [2.45, 2.75) is 50.1 Å². The summed E-state index contributed by atoms with van der Waals surface area (Å²) in [4.78, 5) is 0. The lowest BCUT2D eigenvalue weighted by atomic mass is 9.94. The topological polar surface area (TPSA) is 72.2 Å². The minimum atomic E-state index is -2.89. The molecular weight excluding hydrogens is 224 g/mol. The lowest BCUT2D eigenvalue weighted by molar-refractivity contribution is 0.289. The van der Waals surface area contributed by atoms with Gasteiger partial charge in [-0.3, -0.25) is 0 Å². The summed E-state index contributed by atoms with van der Waals surface area (Å²) >= 11 is 0. The number of nitrogens with one attached hydrogen (secondary N) is 1. The van der Waals surface area contributed by atoms with Crippen LogP contribution in [-0.2, 0) is 9.84 Å².